The number of hydrogen-bond donors (Lipinski definition) is 0. The molecule has 0 atom stereocenters. The summed E-state index contributed by atoms with van der Waals surface area (Å²) in [6.45, 7) is 15.6. The van der Waals surface area contributed by atoms with E-state index in [0.717, 1.165) is 3.67 Å². The van der Waals surface area contributed by atoms with Crippen molar-refractivity contribution in [1.29, 1.82) is 0 Å². The van der Waals surface area contributed by atoms with E-state index in [9.17, 15) is 0 Å². The Morgan fingerprint density at radius 2 is 1.60 bits per heavy atom. The molecule has 0 bridgehead atoms. The van der Waals surface area contributed by atoms with Crippen molar-refractivity contribution >= 4 is 21.4 Å². The fourth-order valence-corrected chi connectivity index (χ4v) is 11.1. The van der Waals surface area contributed by atoms with E-state index in [1.54, 1.807) is 8.35 Å². The third kappa shape index (κ3) is 7.68. The Labute approximate surface area is 105 Å². The van der Waals surface area contributed by atoms with Crippen molar-refractivity contribution in [3.05, 3.63) is 0 Å². The van der Waals surface area contributed by atoms with Gasteiger partial charge in [0.25, 0.3) is 0 Å². The maximum atomic E-state index is 2.56. The molecule has 0 N–H and O–H groups in total. The van der Waals surface area contributed by atoms with Crippen molar-refractivity contribution in [2.75, 3.05) is 19.6 Å². The summed E-state index contributed by atoms with van der Waals surface area (Å²) < 4.78 is 4.32. The van der Waals surface area contributed by atoms with Crippen molar-refractivity contribution < 1.29 is 0 Å². The molecule has 0 aromatic rings. The van der Waals surface area contributed by atoms with Gasteiger partial charge in [-0.15, -0.1) is 0 Å². The SMILES string of the molecule is CC[CH2][In]([CH2]CCN(CC)CC)[CH](C)C. The van der Waals surface area contributed by atoms with Crippen molar-refractivity contribution in [2.24, 2.45) is 0 Å². The molecule has 0 aliphatic rings. The molecule has 0 saturated carbocycles. The third-order valence-corrected chi connectivity index (χ3v) is 16.0. The van der Waals surface area contributed by atoms with Gasteiger partial charge in [0.05, 0.1) is 0 Å². The van der Waals surface area contributed by atoms with Gasteiger partial charge >= 0.3 is 105 Å². The van der Waals surface area contributed by atoms with Crippen LogP contribution < -0.4 is 0 Å². The fourth-order valence-electron chi connectivity index (χ4n) is 2.30. The van der Waals surface area contributed by atoms with Gasteiger partial charge in [0.15, 0.2) is 0 Å². The predicted molar refractivity (Wildman–Crippen MR) is 73.2 cm³/mol. The van der Waals surface area contributed by atoms with Gasteiger partial charge in [0.1, 0.15) is 0 Å². The molecule has 15 heavy (non-hydrogen) atoms. The van der Waals surface area contributed by atoms with Gasteiger partial charge < -0.3 is 0 Å². The summed E-state index contributed by atoms with van der Waals surface area (Å²) in [5.41, 5.74) is 0. The molecule has 0 aromatic carbocycles. The van der Waals surface area contributed by atoms with Gasteiger partial charge in [-0.2, -0.15) is 0 Å². The van der Waals surface area contributed by atoms with Crippen molar-refractivity contribution in [3.8, 4) is 0 Å². The maximum absolute atomic E-state index is 2.56. The monoisotopic (exact) mass is 315 g/mol. The topological polar surface area (TPSA) is 3.24 Å². The Morgan fingerprint density at radius 3 is 2.00 bits per heavy atom. The first kappa shape index (κ1) is 15.8. The molecule has 0 saturated heterocycles. The van der Waals surface area contributed by atoms with E-state index in [1.165, 1.54) is 32.5 Å². The van der Waals surface area contributed by atoms with E-state index in [1.807, 2.05) is 0 Å². The second-order valence-electron chi connectivity index (χ2n) is 4.96. The zero-order valence-electron chi connectivity index (χ0n) is 11.6. The van der Waals surface area contributed by atoms with Crippen LogP contribution >= 0.6 is 0 Å². The zero-order chi connectivity index (χ0) is 11.7. The van der Waals surface area contributed by atoms with E-state index in [0.29, 0.717) is 0 Å². The molecule has 0 fully saturated rings. The second kappa shape index (κ2) is 10.0. The van der Waals surface area contributed by atoms with Gasteiger partial charge in [0.2, 0.25) is 0 Å². The fraction of sp³-hybridized carbons (Fsp3) is 1.00. The van der Waals surface area contributed by atoms with E-state index in [2.05, 4.69) is 39.5 Å². The van der Waals surface area contributed by atoms with E-state index >= 15 is 0 Å². The normalized spacial score (nSPS) is 11.4. The number of nitrogens with zero attached hydrogens (tertiary/aromatic N) is 1. The molecule has 90 valence electrons. The molecular formula is C13H30InN. The quantitative estimate of drug-likeness (QED) is 0.621. The summed E-state index contributed by atoms with van der Waals surface area (Å²) >= 11 is -1.11. The summed E-state index contributed by atoms with van der Waals surface area (Å²) in [5, 5.41) is 0. The summed E-state index contributed by atoms with van der Waals surface area (Å²) in [4.78, 5) is 2.56. The first-order valence-electron chi connectivity index (χ1n) is 6.87. The zero-order valence-corrected chi connectivity index (χ0v) is 14.8. The summed E-state index contributed by atoms with van der Waals surface area (Å²) in [7, 11) is 0. The van der Waals surface area contributed by atoms with Gasteiger partial charge in [-0.3, -0.25) is 0 Å². The molecule has 0 heterocycles. The Morgan fingerprint density at radius 1 is 1.00 bits per heavy atom. The standard InChI is InChI=1S/C7H16N.2C3H7.In/c1-4-7-8(5-2)6-3;2*1-3-2;/h1,4-7H2,2-3H3;3H,1-2H3;1,3H2,2H3;. The predicted octanol–water partition coefficient (Wildman–Crippen LogP) is 4.03. The van der Waals surface area contributed by atoms with Gasteiger partial charge in [-0.05, 0) is 0 Å². The Balaban J connectivity index is 3.69. The molecular weight excluding hydrogens is 285 g/mol. The van der Waals surface area contributed by atoms with E-state index in [4.69, 9.17) is 0 Å². The van der Waals surface area contributed by atoms with Gasteiger partial charge in [0, 0.05) is 0 Å². The number of hydrogen-bond acceptors (Lipinski definition) is 1. The molecule has 0 aromatic heterocycles. The molecule has 0 amide bonds. The Bertz CT molecular complexity index is 132. The van der Waals surface area contributed by atoms with E-state index < -0.39 is 21.4 Å². The Hall–Kier alpha value is 0.830. The minimum absolute atomic E-state index is 1.07. The van der Waals surface area contributed by atoms with Gasteiger partial charge in [-0.1, -0.05) is 0 Å². The molecule has 0 unspecified atom stereocenters. The summed E-state index contributed by atoms with van der Waals surface area (Å²) in [6.07, 6.45) is 2.91. The minimum atomic E-state index is -1.11. The third-order valence-electron chi connectivity index (χ3n) is 3.55. The van der Waals surface area contributed by atoms with Crippen LogP contribution in [0.5, 0.6) is 0 Å². The summed E-state index contributed by atoms with van der Waals surface area (Å²) in [6, 6.07) is 0. The van der Waals surface area contributed by atoms with Crippen molar-refractivity contribution in [3.63, 3.8) is 0 Å². The molecule has 0 aliphatic heterocycles. The van der Waals surface area contributed by atoms with Gasteiger partial charge in [-0.25, -0.2) is 0 Å². The average molecular weight is 315 g/mol. The summed E-state index contributed by atoms with van der Waals surface area (Å²) in [5.74, 6) is 0. The van der Waals surface area contributed by atoms with Crippen LogP contribution in [-0.2, 0) is 0 Å². The van der Waals surface area contributed by atoms with Crippen LogP contribution in [0.15, 0.2) is 0 Å². The number of rotatable bonds is 9. The Kier molecular flexibility index (Phi) is 10.6. The molecule has 0 aliphatic carbocycles. The van der Waals surface area contributed by atoms with Crippen LogP contribution in [-0.4, -0.2) is 46.0 Å². The van der Waals surface area contributed by atoms with Crippen LogP contribution in [0.3, 0.4) is 0 Å². The first-order chi connectivity index (χ1) is 7.15. The van der Waals surface area contributed by atoms with Crippen LogP contribution in [0, 0.1) is 0 Å². The molecule has 0 rings (SSSR count). The first-order valence-corrected chi connectivity index (χ1v) is 13.4. The van der Waals surface area contributed by atoms with Crippen LogP contribution in [0.4, 0.5) is 0 Å². The second-order valence-corrected chi connectivity index (χ2v) is 16.4. The van der Waals surface area contributed by atoms with Crippen molar-refractivity contribution in [2.45, 2.75) is 59.5 Å². The van der Waals surface area contributed by atoms with Crippen LogP contribution in [0.1, 0.15) is 47.5 Å². The average Bonchev–Trinajstić information content (AvgIpc) is 2.22. The van der Waals surface area contributed by atoms with Crippen LogP contribution in [0.2, 0.25) is 12.0 Å². The molecule has 0 spiro atoms. The molecule has 0 radical (unpaired) electrons. The molecule has 1 nitrogen and oxygen atoms in total. The van der Waals surface area contributed by atoms with Crippen LogP contribution in [0.25, 0.3) is 0 Å². The molecule has 2 heteroatoms. The van der Waals surface area contributed by atoms with Crippen molar-refractivity contribution in [1.82, 2.24) is 4.90 Å². The van der Waals surface area contributed by atoms with E-state index in [-0.39, 0.29) is 0 Å².